The van der Waals surface area contributed by atoms with Gasteiger partial charge in [0, 0.05) is 9.37 Å². The monoisotopic (exact) mass is 317 g/mol. The highest BCUT2D eigenvalue weighted by molar-refractivity contribution is 9.10. The summed E-state index contributed by atoms with van der Waals surface area (Å²) in [6.45, 7) is 5.48. The Kier molecular flexibility index (Phi) is 4.89. The van der Waals surface area contributed by atoms with Crippen LogP contribution < -0.4 is 0 Å². The summed E-state index contributed by atoms with van der Waals surface area (Å²) in [4.78, 5) is 12.5. The second kappa shape index (κ2) is 5.78. The van der Waals surface area contributed by atoms with E-state index in [9.17, 15) is 4.79 Å². The molecule has 1 atom stereocenters. The van der Waals surface area contributed by atoms with Crippen molar-refractivity contribution in [2.24, 2.45) is 4.36 Å². The molecule has 0 bridgehead atoms. The number of halogens is 1. The SMILES string of the molecule is CS(=NC(=O)OC(C)(C)C)c1ccc(Br)cc1. The third-order valence-electron chi connectivity index (χ3n) is 1.76. The van der Waals surface area contributed by atoms with Crippen molar-refractivity contribution in [2.75, 3.05) is 6.26 Å². The number of nitrogens with zero attached hydrogens (tertiary/aromatic N) is 1. The van der Waals surface area contributed by atoms with Crippen LogP contribution in [-0.4, -0.2) is 18.0 Å². The molecule has 0 aliphatic rings. The first-order valence-corrected chi connectivity index (χ1v) is 7.52. The van der Waals surface area contributed by atoms with Crippen LogP contribution in [0.25, 0.3) is 0 Å². The van der Waals surface area contributed by atoms with Gasteiger partial charge in [-0.3, -0.25) is 0 Å². The molecular weight excluding hydrogens is 302 g/mol. The van der Waals surface area contributed by atoms with Crippen molar-refractivity contribution in [1.29, 1.82) is 0 Å². The van der Waals surface area contributed by atoms with E-state index in [2.05, 4.69) is 20.3 Å². The van der Waals surface area contributed by atoms with Crippen LogP contribution in [0.5, 0.6) is 0 Å². The standard InChI is InChI=1S/C12H16BrNO2S/c1-12(2,3)16-11(15)14-17(4)10-7-5-9(13)6-8-10/h5-8H,1-4H3. The third-order valence-corrected chi connectivity index (χ3v) is 3.67. The van der Waals surface area contributed by atoms with E-state index in [-0.39, 0.29) is 0 Å². The number of benzene rings is 1. The van der Waals surface area contributed by atoms with Gasteiger partial charge in [-0.25, -0.2) is 4.79 Å². The maximum Gasteiger partial charge on any atom is 0.440 e. The minimum absolute atomic E-state index is 0.477. The van der Waals surface area contributed by atoms with Crippen molar-refractivity contribution in [3.8, 4) is 0 Å². The van der Waals surface area contributed by atoms with Gasteiger partial charge in [0.05, 0.1) is 0 Å². The van der Waals surface area contributed by atoms with Crippen LogP contribution in [0.4, 0.5) is 4.79 Å². The first kappa shape index (κ1) is 14.4. The van der Waals surface area contributed by atoms with Crippen LogP contribution in [0, 0.1) is 0 Å². The zero-order valence-corrected chi connectivity index (χ0v) is 12.8. The number of hydrogen-bond acceptors (Lipinski definition) is 2. The minimum atomic E-state index is -0.508. The Bertz CT molecular complexity index is 435. The average molecular weight is 318 g/mol. The molecule has 0 spiro atoms. The Morgan fingerprint density at radius 2 is 1.82 bits per heavy atom. The van der Waals surface area contributed by atoms with E-state index in [0.717, 1.165) is 9.37 Å². The van der Waals surface area contributed by atoms with E-state index >= 15 is 0 Å². The van der Waals surface area contributed by atoms with E-state index < -0.39 is 22.4 Å². The Balaban J connectivity index is 2.79. The van der Waals surface area contributed by atoms with Crippen LogP contribution in [0.15, 0.2) is 38.0 Å². The molecule has 0 N–H and O–H groups in total. The fraction of sp³-hybridized carbons (Fsp3) is 0.417. The van der Waals surface area contributed by atoms with Gasteiger partial charge in [-0.05, 0) is 51.3 Å². The summed E-state index contributed by atoms with van der Waals surface area (Å²) < 4.78 is 10.2. The van der Waals surface area contributed by atoms with Crippen molar-refractivity contribution in [2.45, 2.75) is 31.3 Å². The van der Waals surface area contributed by atoms with Crippen molar-refractivity contribution in [3.05, 3.63) is 28.7 Å². The van der Waals surface area contributed by atoms with Crippen LogP contribution >= 0.6 is 15.9 Å². The first-order valence-electron chi connectivity index (χ1n) is 5.14. The summed E-state index contributed by atoms with van der Waals surface area (Å²) in [5.41, 5.74) is -0.496. The van der Waals surface area contributed by atoms with Gasteiger partial charge < -0.3 is 4.74 Å². The van der Waals surface area contributed by atoms with Gasteiger partial charge in [0.2, 0.25) is 0 Å². The number of carbonyl (C=O) groups excluding carboxylic acids is 1. The second-order valence-electron chi connectivity index (χ2n) is 4.50. The van der Waals surface area contributed by atoms with E-state index in [1.165, 1.54) is 0 Å². The van der Waals surface area contributed by atoms with Crippen molar-refractivity contribution < 1.29 is 9.53 Å². The lowest BCUT2D eigenvalue weighted by Gasteiger charge is -2.17. The molecule has 1 rings (SSSR count). The molecule has 1 amide bonds. The third kappa shape index (κ3) is 5.46. The van der Waals surface area contributed by atoms with E-state index in [0.29, 0.717) is 0 Å². The summed E-state index contributed by atoms with van der Waals surface area (Å²) in [5, 5.41) is 0. The van der Waals surface area contributed by atoms with Gasteiger partial charge >= 0.3 is 6.09 Å². The molecule has 1 aromatic carbocycles. The molecule has 3 nitrogen and oxygen atoms in total. The summed E-state index contributed by atoms with van der Waals surface area (Å²) in [7, 11) is -0.477. The summed E-state index contributed by atoms with van der Waals surface area (Å²) in [6, 6.07) is 7.76. The fourth-order valence-corrected chi connectivity index (χ4v) is 2.24. The summed E-state index contributed by atoms with van der Waals surface area (Å²) in [6.07, 6.45) is 1.39. The van der Waals surface area contributed by atoms with Crippen molar-refractivity contribution >= 4 is 32.7 Å². The topological polar surface area (TPSA) is 38.7 Å². The quantitative estimate of drug-likeness (QED) is 0.779. The van der Waals surface area contributed by atoms with Crippen LogP contribution in [0.1, 0.15) is 20.8 Å². The lowest BCUT2D eigenvalue weighted by Crippen LogP contribution is -2.22. The number of hydrogen-bond donors (Lipinski definition) is 0. The second-order valence-corrected chi connectivity index (χ2v) is 7.03. The zero-order chi connectivity index (χ0) is 13.1. The van der Waals surface area contributed by atoms with Gasteiger partial charge in [-0.2, -0.15) is 0 Å². The fourth-order valence-electron chi connectivity index (χ4n) is 1.08. The normalized spacial score (nSPS) is 13.5. The molecule has 0 heterocycles. The van der Waals surface area contributed by atoms with Gasteiger partial charge in [0.25, 0.3) is 0 Å². The van der Waals surface area contributed by atoms with Crippen LogP contribution in [0.2, 0.25) is 0 Å². The molecule has 1 aromatic rings. The zero-order valence-electron chi connectivity index (χ0n) is 10.4. The Labute approximate surface area is 113 Å². The van der Waals surface area contributed by atoms with Gasteiger partial charge in [0.15, 0.2) is 0 Å². The van der Waals surface area contributed by atoms with Crippen molar-refractivity contribution in [3.63, 3.8) is 0 Å². The molecule has 1 unspecified atom stereocenters. The maximum absolute atomic E-state index is 11.5. The molecule has 0 fully saturated rings. The predicted octanol–water partition coefficient (Wildman–Crippen LogP) is 4.17. The predicted molar refractivity (Wildman–Crippen MR) is 74.4 cm³/mol. The molecule has 0 aliphatic carbocycles. The molecule has 17 heavy (non-hydrogen) atoms. The highest BCUT2D eigenvalue weighted by Gasteiger charge is 2.15. The van der Waals surface area contributed by atoms with Crippen LogP contribution in [-0.2, 0) is 15.4 Å². The van der Waals surface area contributed by atoms with E-state index in [1.54, 1.807) is 0 Å². The Morgan fingerprint density at radius 3 is 2.29 bits per heavy atom. The van der Waals surface area contributed by atoms with E-state index in [4.69, 9.17) is 4.74 Å². The highest BCUT2D eigenvalue weighted by atomic mass is 79.9. The molecular formula is C12H16BrNO2S. The lowest BCUT2D eigenvalue weighted by atomic mass is 10.2. The number of rotatable bonds is 1. The first-order chi connectivity index (χ1) is 7.78. The van der Waals surface area contributed by atoms with Crippen molar-refractivity contribution in [1.82, 2.24) is 0 Å². The summed E-state index contributed by atoms with van der Waals surface area (Å²) >= 11 is 3.37. The molecule has 94 valence electrons. The molecule has 0 saturated carbocycles. The van der Waals surface area contributed by atoms with E-state index in [1.807, 2.05) is 51.3 Å². The molecule has 0 radical (unpaired) electrons. The average Bonchev–Trinajstić information content (AvgIpc) is 2.15. The summed E-state index contributed by atoms with van der Waals surface area (Å²) in [5.74, 6) is 0. The van der Waals surface area contributed by atoms with Crippen LogP contribution in [0.3, 0.4) is 0 Å². The maximum atomic E-state index is 11.5. The minimum Gasteiger partial charge on any atom is -0.442 e. The molecule has 0 saturated heterocycles. The molecule has 0 aromatic heterocycles. The largest absolute Gasteiger partial charge is 0.442 e. The lowest BCUT2D eigenvalue weighted by molar-refractivity contribution is 0.0608. The molecule has 0 aliphatic heterocycles. The Morgan fingerprint density at radius 1 is 1.29 bits per heavy atom. The Hall–Kier alpha value is -0.680. The number of carbonyl (C=O) groups is 1. The highest BCUT2D eigenvalue weighted by Crippen LogP contribution is 2.15. The number of ether oxygens (including phenoxy) is 1. The molecule has 5 heteroatoms. The van der Waals surface area contributed by atoms with Gasteiger partial charge in [-0.1, -0.05) is 26.6 Å². The van der Waals surface area contributed by atoms with Gasteiger partial charge in [-0.15, -0.1) is 4.36 Å². The number of amides is 1. The smallest absolute Gasteiger partial charge is 0.440 e. The van der Waals surface area contributed by atoms with Gasteiger partial charge in [0.1, 0.15) is 5.60 Å².